The van der Waals surface area contributed by atoms with Gasteiger partial charge in [-0.1, -0.05) is 48.0 Å². The number of ether oxygens (including phenoxy) is 3. The largest absolute Gasteiger partial charge is 0.488 e. The summed E-state index contributed by atoms with van der Waals surface area (Å²) in [5.74, 6) is 0.565. The number of carbonyl (C=O) groups is 3. The molecular formula is C26H19ClN2O6S. The van der Waals surface area contributed by atoms with Crippen LogP contribution in [-0.2, 0) is 16.2 Å². The van der Waals surface area contributed by atoms with Crippen LogP contribution >= 0.6 is 23.4 Å². The van der Waals surface area contributed by atoms with E-state index in [9.17, 15) is 14.4 Å². The second-order valence-corrected chi connectivity index (χ2v) is 9.20. The van der Waals surface area contributed by atoms with Crippen LogP contribution in [0.4, 0.5) is 10.5 Å². The van der Waals surface area contributed by atoms with E-state index in [1.54, 1.807) is 48.5 Å². The van der Waals surface area contributed by atoms with E-state index in [2.05, 4.69) is 5.32 Å². The molecule has 8 nitrogen and oxygen atoms in total. The van der Waals surface area contributed by atoms with Crippen LogP contribution in [0.3, 0.4) is 0 Å². The van der Waals surface area contributed by atoms with E-state index < -0.39 is 23.6 Å². The number of anilines is 1. The zero-order valence-electron chi connectivity index (χ0n) is 18.7. The van der Waals surface area contributed by atoms with Gasteiger partial charge in [-0.25, -0.2) is 0 Å². The Morgan fingerprint density at radius 1 is 1.06 bits per heavy atom. The molecule has 0 radical (unpaired) electrons. The van der Waals surface area contributed by atoms with Gasteiger partial charge in [0.25, 0.3) is 11.1 Å². The number of nitrogens with zero attached hydrogens (tertiary/aromatic N) is 1. The molecule has 3 aromatic carbocycles. The average molecular weight is 523 g/mol. The van der Waals surface area contributed by atoms with Crippen LogP contribution < -0.4 is 19.5 Å². The van der Waals surface area contributed by atoms with Crippen molar-refractivity contribution in [3.05, 3.63) is 87.8 Å². The molecule has 3 aromatic rings. The van der Waals surface area contributed by atoms with E-state index >= 15 is 0 Å². The first-order valence-corrected chi connectivity index (χ1v) is 12.1. The van der Waals surface area contributed by atoms with Gasteiger partial charge in [-0.15, -0.1) is 0 Å². The molecule has 1 fully saturated rings. The summed E-state index contributed by atoms with van der Waals surface area (Å²) in [5.41, 5.74) is 1.92. The van der Waals surface area contributed by atoms with E-state index in [0.29, 0.717) is 33.5 Å². The van der Waals surface area contributed by atoms with Crippen LogP contribution in [0.5, 0.6) is 17.2 Å². The van der Waals surface area contributed by atoms with Gasteiger partial charge in [-0.2, -0.15) is 0 Å². The van der Waals surface area contributed by atoms with Crippen LogP contribution in [0.25, 0.3) is 6.08 Å². The molecule has 182 valence electrons. The highest BCUT2D eigenvalue weighted by molar-refractivity contribution is 8.18. The number of para-hydroxylation sites is 1. The summed E-state index contributed by atoms with van der Waals surface area (Å²) in [6.45, 7) is -0.0584. The Morgan fingerprint density at radius 2 is 1.83 bits per heavy atom. The number of halogens is 1. The number of rotatable bonds is 7. The lowest BCUT2D eigenvalue weighted by atomic mass is 10.1. The van der Waals surface area contributed by atoms with Gasteiger partial charge in [0, 0.05) is 27.9 Å². The van der Waals surface area contributed by atoms with Gasteiger partial charge >= 0.3 is 0 Å². The molecule has 2 aliphatic rings. The monoisotopic (exact) mass is 522 g/mol. The first kappa shape index (κ1) is 23.8. The normalized spacial score (nSPS) is 15.5. The van der Waals surface area contributed by atoms with Gasteiger partial charge < -0.3 is 19.5 Å². The van der Waals surface area contributed by atoms with Crippen LogP contribution in [0.1, 0.15) is 11.1 Å². The highest BCUT2D eigenvalue weighted by Crippen LogP contribution is 2.35. The van der Waals surface area contributed by atoms with E-state index in [0.717, 1.165) is 22.2 Å². The minimum absolute atomic E-state index is 0.115. The average Bonchev–Trinajstić information content (AvgIpc) is 3.44. The van der Waals surface area contributed by atoms with Crippen molar-refractivity contribution in [2.45, 2.75) is 6.61 Å². The Balaban J connectivity index is 1.26. The van der Waals surface area contributed by atoms with Crippen molar-refractivity contribution in [1.29, 1.82) is 0 Å². The van der Waals surface area contributed by atoms with Crippen molar-refractivity contribution in [2.75, 3.05) is 18.7 Å². The summed E-state index contributed by atoms with van der Waals surface area (Å²) >= 11 is 6.98. The maximum absolute atomic E-state index is 12.9. The highest BCUT2D eigenvalue weighted by Gasteiger charge is 2.36. The van der Waals surface area contributed by atoms with Gasteiger partial charge in [-0.05, 0) is 42.1 Å². The van der Waals surface area contributed by atoms with Gasteiger partial charge in [0.2, 0.25) is 12.7 Å². The second kappa shape index (κ2) is 10.3. The minimum atomic E-state index is -0.549. The molecule has 3 amide bonds. The van der Waals surface area contributed by atoms with Crippen LogP contribution in [0, 0.1) is 0 Å². The zero-order valence-corrected chi connectivity index (χ0v) is 20.3. The number of hydrogen-bond donors (Lipinski definition) is 1. The summed E-state index contributed by atoms with van der Waals surface area (Å²) in [6, 6.07) is 19.5. The molecule has 0 atom stereocenters. The summed E-state index contributed by atoms with van der Waals surface area (Å²) in [6.07, 6.45) is 1.59. The number of amides is 3. The highest BCUT2D eigenvalue weighted by atomic mass is 35.5. The fraction of sp³-hybridized carbons (Fsp3) is 0.115. The zero-order chi connectivity index (χ0) is 25.1. The molecule has 0 aromatic heterocycles. The molecule has 0 bridgehead atoms. The fourth-order valence-electron chi connectivity index (χ4n) is 3.60. The lowest BCUT2D eigenvalue weighted by Gasteiger charge is -2.13. The lowest BCUT2D eigenvalue weighted by molar-refractivity contribution is -0.127. The molecule has 2 heterocycles. The SMILES string of the molecule is O=C(CN1C(=O)S/C(=C/c2ccccc2OCc2ccccc2Cl)C1=O)Nc1ccc2c(c1)OCO2. The lowest BCUT2D eigenvalue weighted by Crippen LogP contribution is -2.36. The number of thioether (sulfide) groups is 1. The fourth-order valence-corrected chi connectivity index (χ4v) is 4.62. The third kappa shape index (κ3) is 5.17. The molecule has 0 unspecified atom stereocenters. The second-order valence-electron chi connectivity index (χ2n) is 7.80. The van der Waals surface area contributed by atoms with Gasteiger partial charge in [0.05, 0.1) is 4.91 Å². The van der Waals surface area contributed by atoms with Gasteiger partial charge in [-0.3, -0.25) is 19.3 Å². The quantitative estimate of drug-likeness (QED) is 0.419. The number of carbonyl (C=O) groups excluding carboxylic acids is 3. The topological polar surface area (TPSA) is 94.2 Å². The maximum atomic E-state index is 12.9. The van der Waals surface area contributed by atoms with Crippen molar-refractivity contribution in [3.8, 4) is 17.2 Å². The van der Waals surface area contributed by atoms with Crippen LogP contribution in [0.15, 0.2) is 71.6 Å². The first-order valence-electron chi connectivity index (χ1n) is 10.9. The Bertz CT molecular complexity index is 1390. The smallest absolute Gasteiger partial charge is 0.294 e. The first-order chi connectivity index (χ1) is 17.5. The van der Waals surface area contributed by atoms with Crippen molar-refractivity contribution >= 4 is 52.2 Å². The summed E-state index contributed by atoms with van der Waals surface area (Å²) in [7, 11) is 0. The predicted molar refractivity (Wildman–Crippen MR) is 136 cm³/mol. The molecule has 5 rings (SSSR count). The number of fused-ring (bicyclic) bond motifs is 1. The van der Waals surface area contributed by atoms with E-state index in [1.807, 2.05) is 24.3 Å². The maximum Gasteiger partial charge on any atom is 0.294 e. The molecule has 10 heteroatoms. The van der Waals surface area contributed by atoms with E-state index in [1.165, 1.54) is 0 Å². The minimum Gasteiger partial charge on any atom is -0.488 e. The van der Waals surface area contributed by atoms with E-state index in [-0.39, 0.29) is 18.3 Å². The Morgan fingerprint density at radius 3 is 2.69 bits per heavy atom. The van der Waals surface area contributed by atoms with Gasteiger partial charge in [0.1, 0.15) is 18.9 Å². The number of nitrogens with one attached hydrogen (secondary N) is 1. The van der Waals surface area contributed by atoms with Gasteiger partial charge in [0.15, 0.2) is 11.5 Å². The molecule has 2 aliphatic heterocycles. The molecule has 0 aliphatic carbocycles. The molecular weight excluding hydrogens is 504 g/mol. The van der Waals surface area contributed by atoms with Crippen molar-refractivity contribution in [1.82, 2.24) is 4.90 Å². The summed E-state index contributed by atoms with van der Waals surface area (Å²) < 4.78 is 16.5. The molecule has 1 saturated heterocycles. The third-order valence-corrected chi connectivity index (χ3v) is 6.65. The molecule has 1 N–H and O–H groups in total. The predicted octanol–water partition coefficient (Wildman–Crippen LogP) is 5.32. The molecule has 0 saturated carbocycles. The number of benzene rings is 3. The van der Waals surface area contributed by atoms with Crippen molar-refractivity contribution in [3.63, 3.8) is 0 Å². The Labute approximate surface area is 215 Å². The molecule has 0 spiro atoms. The summed E-state index contributed by atoms with van der Waals surface area (Å²) in [4.78, 5) is 39.1. The summed E-state index contributed by atoms with van der Waals surface area (Å²) in [5, 5.41) is 2.74. The Kier molecular flexibility index (Phi) is 6.84. The van der Waals surface area contributed by atoms with E-state index in [4.69, 9.17) is 25.8 Å². The van der Waals surface area contributed by atoms with Crippen LogP contribution in [-0.4, -0.2) is 35.3 Å². The van der Waals surface area contributed by atoms with Crippen LogP contribution in [0.2, 0.25) is 5.02 Å². The Hall–Kier alpha value is -3.95. The van der Waals surface area contributed by atoms with Crippen molar-refractivity contribution < 1.29 is 28.6 Å². The van der Waals surface area contributed by atoms with Crippen molar-refractivity contribution in [2.24, 2.45) is 0 Å². The standard InChI is InChI=1S/C26H19ClN2O6S/c27-19-7-3-1-6-17(19)14-33-20-8-4-2-5-16(20)11-23-25(31)29(26(32)36-23)13-24(30)28-18-9-10-21-22(12-18)35-15-34-21/h1-12H,13-15H2,(H,28,30)/b23-11+. The molecule has 36 heavy (non-hydrogen) atoms. The number of imide groups is 1. The third-order valence-electron chi connectivity index (χ3n) is 5.38. The number of hydrogen-bond acceptors (Lipinski definition) is 7.